The van der Waals surface area contributed by atoms with Crippen molar-refractivity contribution in [1.29, 1.82) is 0 Å². The molecule has 0 aromatic carbocycles. The molecule has 0 bridgehead atoms. The van der Waals surface area contributed by atoms with Gasteiger partial charge in [0.05, 0.1) is 9.48 Å². The maximum atomic E-state index is 4.26. The van der Waals surface area contributed by atoms with E-state index in [0.29, 0.717) is 0 Å². The van der Waals surface area contributed by atoms with Gasteiger partial charge in [0.15, 0.2) is 0 Å². The summed E-state index contributed by atoms with van der Waals surface area (Å²) < 4.78 is 1.16. The third kappa shape index (κ3) is 3.10. The lowest BCUT2D eigenvalue weighted by Gasteiger charge is -2.11. The minimum absolute atomic E-state index is 0.215. The van der Waals surface area contributed by atoms with Crippen molar-refractivity contribution in [3.8, 4) is 0 Å². The van der Waals surface area contributed by atoms with E-state index >= 15 is 0 Å². The van der Waals surface area contributed by atoms with Crippen molar-refractivity contribution in [2.24, 2.45) is 0 Å². The smallest absolute Gasteiger partial charge is 0.0753 e. The molecule has 1 atom stereocenters. The van der Waals surface area contributed by atoms with Crippen LogP contribution < -0.4 is 5.32 Å². The molecule has 0 aliphatic rings. The van der Waals surface area contributed by atoms with Gasteiger partial charge in [0.1, 0.15) is 0 Å². The maximum absolute atomic E-state index is 4.26. The Labute approximate surface area is 107 Å². The highest BCUT2D eigenvalue weighted by molar-refractivity contribution is 9.11. The molecule has 5 heteroatoms. The average Bonchev–Trinajstić information content (AvgIpc) is 2.73. The van der Waals surface area contributed by atoms with E-state index in [4.69, 9.17) is 0 Å². The topological polar surface area (TPSA) is 37.8 Å². The molecular formula is C11H12BrN3S. The van der Waals surface area contributed by atoms with E-state index < -0.39 is 0 Å². The van der Waals surface area contributed by atoms with Gasteiger partial charge in [0.2, 0.25) is 0 Å². The van der Waals surface area contributed by atoms with Crippen molar-refractivity contribution in [1.82, 2.24) is 15.3 Å². The van der Waals surface area contributed by atoms with Crippen LogP contribution in [-0.2, 0) is 6.54 Å². The molecule has 0 radical (unpaired) electrons. The molecule has 0 spiro atoms. The SMILES string of the molecule is CC(NCc1csc(Br)c1)c1cnccn1. The fourth-order valence-electron chi connectivity index (χ4n) is 1.35. The largest absolute Gasteiger partial charge is 0.305 e. The number of rotatable bonds is 4. The summed E-state index contributed by atoms with van der Waals surface area (Å²) >= 11 is 5.15. The molecule has 1 unspecified atom stereocenters. The number of thiophene rings is 1. The van der Waals surface area contributed by atoms with Crippen molar-refractivity contribution >= 4 is 27.3 Å². The Bertz CT molecular complexity index is 444. The summed E-state index contributed by atoms with van der Waals surface area (Å²) in [6, 6.07) is 2.34. The summed E-state index contributed by atoms with van der Waals surface area (Å²) in [5, 5.41) is 5.55. The van der Waals surface area contributed by atoms with Gasteiger partial charge < -0.3 is 5.32 Å². The summed E-state index contributed by atoms with van der Waals surface area (Å²) in [6.07, 6.45) is 5.20. The molecule has 0 saturated carbocycles. The summed E-state index contributed by atoms with van der Waals surface area (Å²) in [6.45, 7) is 2.94. The van der Waals surface area contributed by atoms with Crippen LogP contribution in [0.3, 0.4) is 0 Å². The van der Waals surface area contributed by atoms with Gasteiger partial charge in [-0.3, -0.25) is 9.97 Å². The zero-order valence-electron chi connectivity index (χ0n) is 8.85. The van der Waals surface area contributed by atoms with Gasteiger partial charge in [0.25, 0.3) is 0 Å². The van der Waals surface area contributed by atoms with Crippen LogP contribution in [-0.4, -0.2) is 9.97 Å². The van der Waals surface area contributed by atoms with Gasteiger partial charge in [0, 0.05) is 31.2 Å². The molecule has 0 saturated heterocycles. The van der Waals surface area contributed by atoms with E-state index in [1.165, 1.54) is 5.56 Å². The molecule has 0 amide bonds. The lowest BCUT2D eigenvalue weighted by molar-refractivity contribution is 0.560. The first-order valence-electron chi connectivity index (χ1n) is 4.98. The molecule has 2 aromatic heterocycles. The molecule has 2 aromatic rings. The highest BCUT2D eigenvalue weighted by Crippen LogP contribution is 2.21. The Morgan fingerprint density at radius 2 is 2.38 bits per heavy atom. The second-order valence-corrected chi connectivity index (χ2v) is 5.78. The van der Waals surface area contributed by atoms with Crippen molar-refractivity contribution < 1.29 is 0 Å². The Morgan fingerprint density at radius 3 is 3.00 bits per heavy atom. The van der Waals surface area contributed by atoms with Gasteiger partial charge in [-0.15, -0.1) is 11.3 Å². The highest BCUT2D eigenvalue weighted by Gasteiger charge is 2.06. The van der Waals surface area contributed by atoms with Crippen LogP contribution in [0.15, 0.2) is 33.8 Å². The fourth-order valence-corrected chi connectivity index (χ4v) is 2.56. The number of halogens is 1. The summed E-state index contributed by atoms with van der Waals surface area (Å²) in [4.78, 5) is 8.32. The maximum Gasteiger partial charge on any atom is 0.0753 e. The van der Waals surface area contributed by atoms with Crippen molar-refractivity contribution in [2.75, 3.05) is 0 Å². The van der Waals surface area contributed by atoms with Gasteiger partial charge in [-0.25, -0.2) is 0 Å². The zero-order valence-corrected chi connectivity index (χ0v) is 11.3. The normalized spacial score (nSPS) is 12.6. The molecule has 2 heterocycles. The zero-order chi connectivity index (χ0) is 11.4. The van der Waals surface area contributed by atoms with E-state index in [0.717, 1.165) is 16.0 Å². The summed E-state index contributed by atoms with van der Waals surface area (Å²) in [5.41, 5.74) is 2.25. The molecule has 16 heavy (non-hydrogen) atoms. The van der Waals surface area contributed by atoms with Gasteiger partial charge in [-0.2, -0.15) is 0 Å². The molecule has 0 fully saturated rings. The molecule has 1 N–H and O–H groups in total. The predicted molar refractivity (Wildman–Crippen MR) is 69.3 cm³/mol. The quantitative estimate of drug-likeness (QED) is 0.942. The van der Waals surface area contributed by atoms with E-state index in [1.54, 1.807) is 29.9 Å². The van der Waals surface area contributed by atoms with E-state index in [-0.39, 0.29) is 6.04 Å². The standard InChI is InChI=1S/C11H12BrN3S/c1-8(10-6-13-2-3-14-10)15-5-9-4-11(12)16-7-9/h2-4,6-8,15H,5H2,1H3. The van der Waals surface area contributed by atoms with E-state index in [9.17, 15) is 0 Å². The van der Waals surface area contributed by atoms with Crippen LogP contribution in [0.1, 0.15) is 24.2 Å². The Kier molecular flexibility index (Phi) is 4.04. The van der Waals surface area contributed by atoms with Crippen molar-refractivity contribution in [3.63, 3.8) is 0 Å². The van der Waals surface area contributed by atoms with Gasteiger partial charge >= 0.3 is 0 Å². The van der Waals surface area contributed by atoms with Crippen LogP contribution >= 0.6 is 27.3 Å². The monoisotopic (exact) mass is 297 g/mol. The minimum atomic E-state index is 0.215. The van der Waals surface area contributed by atoms with Crippen molar-refractivity contribution in [2.45, 2.75) is 19.5 Å². The molecule has 0 aliphatic heterocycles. The second-order valence-electron chi connectivity index (χ2n) is 3.49. The Balaban J connectivity index is 1.91. The Hall–Kier alpha value is -0.780. The average molecular weight is 298 g/mol. The number of hydrogen-bond acceptors (Lipinski definition) is 4. The van der Waals surface area contributed by atoms with Gasteiger partial charge in [-0.05, 0) is 39.9 Å². The molecular weight excluding hydrogens is 286 g/mol. The van der Waals surface area contributed by atoms with Crippen LogP contribution in [0.2, 0.25) is 0 Å². The second kappa shape index (κ2) is 5.52. The molecule has 2 rings (SSSR count). The number of nitrogens with one attached hydrogen (secondary N) is 1. The van der Waals surface area contributed by atoms with Crippen LogP contribution in [0.25, 0.3) is 0 Å². The lowest BCUT2D eigenvalue weighted by Crippen LogP contribution is -2.18. The number of aromatic nitrogens is 2. The third-order valence-corrected chi connectivity index (χ3v) is 3.81. The van der Waals surface area contributed by atoms with Crippen LogP contribution in [0.5, 0.6) is 0 Å². The van der Waals surface area contributed by atoms with Gasteiger partial charge in [-0.1, -0.05) is 0 Å². The van der Waals surface area contributed by atoms with Crippen molar-refractivity contribution in [3.05, 3.63) is 45.1 Å². The molecule has 0 aliphatic carbocycles. The number of hydrogen-bond donors (Lipinski definition) is 1. The first-order valence-corrected chi connectivity index (χ1v) is 6.65. The fraction of sp³-hybridized carbons (Fsp3) is 0.273. The van der Waals surface area contributed by atoms with E-state index in [2.05, 4.69) is 49.6 Å². The molecule has 3 nitrogen and oxygen atoms in total. The highest BCUT2D eigenvalue weighted by atomic mass is 79.9. The minimum Gasteiger partial charge on any atom is -0.305 e. The summed E-state index contributed by atoms with van der Waals surface area (Å²) in [7, 11) is 0. The first-order chi connectivity index (χ1) is 7.75. The predicted octanol–water partition coefficient (Wildman–Crippen LogP) is 3.15. The lowest BCUT2D eigenvalue weighted by atomic mass is 10.2. The first kappa shape index (κ1) is 11.7. The van der Waals surface area contributed by atoms with Crippen LogP contribution in [0.4, 0.5) is 0 Å². The summed E-state index contributed by atoms with van der Waals surface area (Å²) in [5.74, 6) is 0. The van der Waals surface area contributed by atoms with Crippen LogP contribution in [0, 0.1) is 0 Å². The molecule has 84 valence electrons. The van der Waals surface area contributed by atoms with E-state index in [1.807, 2.05) is 0 Å². The number of nitrogens with zero attached hydrogens (tertiary/aromatic N) is 2. The Morgan fingerprint density at radius 1 is 1.50 bits per heavy atom. The third-order valence-electron chi connectivity index (χ3n) is 2.26.